The molecule has 0 saturated carbocycles. The van der Waals surface area contributed by atoms with Gasteiger partial charge in [-0.1, -0.05) is 93.9 Å². The summed E-state index contributed by atoms with van der Waals surface area (Å²) in [4.78, 5) is 25.5. The molecule has 2 fully saturated rings. The Hall–Kier alpha value is -4.29. The number of carbonyl (C=O) groups excluding carboxylic acids is 2. The molecule has 1 unspecified atom stereocenters. The van der Waals surface area contributed by atoms with Crippen molar-refractivity contribution in [3.8, 4) is 11.5 Å². The largest absolute Gasteiger partial charge is 0.508 e. The van der Waals surface area contributed by atoms with E-state index in [9.17, 15) is 63.4 Å². The van der Waals surface area contributed by atoms with Gasteiger partial charge in [-0.3, -0.25) is 4.55 Å². The van der Waals surface area contributed by atoms with Crippen molar-refractivity contribution in [2.24, 2.45) is 0 Å². The number of carbonyl (C=O) groups is 2. The first kappa shape index (κ1) is 53.1. The Morgan fingerprint density at radius 3 is 2.19 bits per heavy atom. The SMILES string of the molecule is CCC/C=C/C=C/C(O)C/C=C/C=C/C(=O)O[C@@H]1[C@@H](O)[C@H](c2c(O)cc(O)cc2COS(=O)(=O)O)O[C@H](CO)[C@H]1O[C@@H]1O[C@@H]([C@H](O)COC(=O)/C=C/C=C\CCCCC)[C@H](O)[C@H]1O. The second-order valence-corrected chi connectivity index (χ2v) is 15.7. The van der Waals surface area contributed by atoms with Crippen molar-refractivity contribution in [2.45, 2.75) is 133 Å². The second-order valence-electron chi connectivity index (χ2n) is 14.6. The van der Waals surface area contributed by atoms with Crippen molar-refractivity contribution in [3.63, 3.8) is 0 Å². The van der Waals surface area contributed by atoms with Gasteiger partial charge in [0.1, 0.15) is 66.9 Å². The van der Waals surface area contributed by atoms with Gasteiger partial charge in [-0.2, -0.15) is 8.42 Å². The molecule has 2 heterocycles. The molecule has 2 saturated heterocycles. The van der Waals surface area contributed by atoms with Crippen LogP contribution in [0.1, 0.15) is 76.0 Å². The molecular weight excluding hydrogens is 853 g/mol. The fourth-order valence-electron chi connectivity index (χ4n) is 6.48. The van der Waals surface area contributed by atoms with Crippen molar-refractivity contribution < 1.29 is 91.3 Å². The van der Waals surface area contributed by atoms with E-state index in [2.05, 4.69) is 11.1 Å². The highest BCUT2D eigenvalue weighted by atomic mass is 32.3. The fourth-order valence-corrected chi connectivity index (χ4v) is 6.76. The van der Waals surface area contributed by atoms with Crippen LogP contribution in [-0.4, -0.2) is 140 Å². The molecule has 0 spiro atoms. The van der Waals surface area contributed by atoms with Crippen molar-refractivity contribution in [1.82, 2.24) is 0 Å². The number of aliphatic hydroxyl groups excluding tert-OH is 6. The molecule has 9 N–H and O–H groups in total. The quantitative estimate of drug-likeness (QED) is 0.0224. The zero-order valence-electron chi connectivity index (χ0n) is 35.0. The molecule has 352 valence electrons. The van der Waals surface area contributed by atoms with Crippen molar-refractivity contribution in [2.75, 3.05) is 13.2 Å². The number of phenols is 2. The lowest BCUT2D eigenvalue weighted by Gasteiger charge is -2.44. The molecule has 2 aliphatic heterocycles. The number of allylic oxidation sites excluding steroid dienone is 8. The molecule has 20 heteroatoms. The smallest absolute Gasteiger partial charge is 0.397 e. The van der Waals surface area contributed by atoms with Crippen LogP contribution in [0.3, 0.4) is 0 Å². The van der Waals surface area contributed by atoms with Crippen LogP contribution in [0.25, 0.3) is 0 Å². The predicted molar refractivity (Wildman–Crippen MR) is 224 cm³/mol. The first-order valence-corrected chi connectivity index (χ1v) is 21.9. The monoisotopic (exact) mass is 912 g/mol. The van der Waals surface area contributed by atoms with Gasteiger partial charge < -0.3 is 64.5 Å². The standard InChI is InChI=1S/C43H60O19S/c1-3-5-7-9-10-12-16-20-33(49)57-26-31(48)39-36(51)37(52)43(61-39)62-40-32(24-44)59-41(35-27(25-58-63(54,55)56)22-29(46)23-30(35)47)38(53)42(40)60-34(50)21-17-13-15-19-28(45)18-14-11-8-6-4-2/h8,10-18,20-23,28,31-32,36-48,51-53H,3-7,9,19,24-26H2,1-2H3,(H,54,55,56)/b11-8+,12-10-,15-13+,18-14+,20-16+,21-17+/t28?,31-,32-,36-,37-,38+,39+,40-,41+,42-,43+/m1/s1. The maximum Gasteiger partial charge on any atom is 0.397 e. The van der Waals surface area contributed by atoms with Crippen molar-refractivity contribution in [3.05, 3.63) is 96.2 Å². The predicted octanol–water partition coefficient (Wildman–Crippen LogP) is 2.33. The molecule has 3 rings (SSSR count). The second kappa shape index (κ2) is 27.1. The molecule has 63 heavy (non-hydrogen) atoms. The summed E-state index contributed by atoms with van der Waals surface area (Å²) in [6, 6.07) is 1.73. The van der Waals surface area contributed by atoms with Crippen LogP contribution in [0.15, 0.2) is 85.0 Å². The van der Waals surface area contributed by atoms with E-state index < -0.39 is 127 Å². The minimum Gasteiger partial charge on any atom is -0.508 e. The summed E-state index contributed by atoms with van der Waals surface area (Å²) in [6.45, 7) is 1.48. The third kappa shape index (κ3) is 17.7. The summed E-state index contributed by atoms with van der Waals surface area (Å²) in [5.41, 5.74) is -0.754. The maximum absolute atomic E-state index is 13.2. The van der Waals surface area contributed by atoms with E-state index in [1.165, 1.54) is 18.2 Å². The Kier molecular flexibility index (Phi) is 22.8. The highest BCUT2D eigenvalue weighted by molar-refractivity contribution is 7.80. The van der Waals surface area contributed by atoms with Crippen LogP contribution in [-0.2, 0) is 54.5 Å². The summed E-state index contributed by atoms with van der Waals surface area (Å²) >= 11 is 0. The highest BCUT2D eigenvalue weighted by Gasteiger charge is 2.54. The lowest BCUT2D eigenvalue weighted by atomic mass is 9.88. The minimum atomic E-state index is -5.07. The minimum absolute atomic E-state index is 0.188. The number of unbranched alkanes of at least 4 members (excludes halogenated alkanes) is 4. The van der Waals surface area contributed by atoms with Gasteiger partial charge in [0.2, 0.25) is 0 Å². The molecular formula is C43H60O19S. The van der Waals surface area contributed by atoms with Gasteiger partial charge in [0.25, 0.3) is 0 Å². The molecule has 0 amide bonds. The Morgan fingerprint density at radius 2 is 1.51 bits per heavy atom. The van der Waals surface area contributed by atoms with Gasteiger partial charge in [0, 0.05) is 23.8 Å². The average molecular weight is 913 g/mol. The summed E-state index contributed by atoms with van der Waals surface area (Å²) in [6.07, 6.45) is 5.55. The number of rotatable bonds is 25. The third-order valence-electron chi connectivity index (χ3n) is 9.64. The van der Waals surface area contributed by atoms with Gasteiger partial charge in [-0.25, -0.2) is 13.8 Å². The van der Waals surface area contributed by atoms with Crippen LogP contribution < -0.4 is 0 Å². The van der Waals surface area contributed by atoms with E-state index in [0.717, 1.165) is 62.8 Å². The first-order valence-electron chi connectivity index (χ1n) is 20.5. The third-order valence-corrected chi connectivity index (χ3v) is 10.1. The molecule has 1 aromatic carbocycles. The molecule has 11 atom stereocenters. The summed E-state index contributed by atoms with van der Waals surface area (Å²) < 4.78 is 64.5. The number of hydrogen-bond acceptors (Lipinski definition) is 18. The zero-order chi connectivity index (χ0) is 46.5. The number of aliphatic hydroxyl groups is 6. The van der Waals surface area contributed by atoms with Gasteiger partial charge in [-0.15, -0.1) is 0 Å². The van der Waals surface area contributed by atoms with Crippen molar-refractivity contribution in [1.29, 1.82) is 0 Å². The Labute approximate surface area is 366 Å². The normalized spacial score (nSPS) is 26.8. The Bertz CT molecular complexity index is 1870. The van der Waals surface area contributed by atoms with E-state index in [1.807, 2.05) is 25.2 Å². The lowest BCUT2D eigenvalue weighted by molar-refractivity contribution is -0.294. The number of benzene rings is 1. The maximum atomic E-state index is 13.2. The Balaban J connectivity index is 1.85. The number of aromatic hydroxyl groups is 2. The van der Waals surface area contributed by atoms with Gasteiger partial charge in [0.15, 0.2) is 12.4 Å². The van der Waals surface area contributed by atoms with E-state index in [-0.39, 0.29) is 12.0 Å². The molecule has 0 aliphatic carbocycles. The number of phenolic OH excluding ortho intramolecular Hbond substituents is 2. The Morgan fingerprint density at radius 1 is 0.825 bits per heavy atom. The van der Waals surface area contributed by atoms with Gasteiger partial charge in [-0.05, 0) is 37.3 Å². The van der Waals surface area contributed by atoms with Crippen LogP contribution in [0.4, 0.5) is 0 Å². The summed E-state index contributed by atoms with van der Waals surface area (Å²) in [5.74, 6) is -3.30. The van der Waals surface area contributed by atoms with E-state index in [0.29, 0.717) is 0 Å². The van der Waals surface area contributed by atoms with Gasteiger partial charge in [0.05, 0.1) is 19.3 Å². The molecule has 1 aromatic rings. The van der Waals surface area contributed by atoms with Crippen LogP contribution >= 0.6 is 0 Å². The van der Waals surface area contributed by atoms with Crippen LogP contribution in [0.5, 0.6) is 11.5 Å². The first-order chi connectivity index (χ1) is 30.0. The summed E-state index contributed by atoms with van der Waals surface area (Å²) in [7, 11) is -5.07. The van der Waals surface area contributed by atoms with Crippen LogP contribution in [0.2, 0.25) is 0 Å². The average Bonchev–Trinajstić information content (AvgIpc) is 3.51. The van der Waals surface area contributed by atoms with Crippen molar-refractivity contribution >= 4 is 22.3 Å². The molecule has 0 aromatic heterocycles. The topological polar surface area (TPSA) is 306 Å². The number of esters is 2. The summed E-state index contributed by atoms with van der Waals surface area (Å²) in [5, 5.41) is 86.0. The zero-order valence-corrected chi connectivity index (χ0v) is 35.8. The highest BCUT2D eigenvalue weighted by Crippen LogP contribution is 2.43. The lowest BCUT2D eigenvalue weighted by Crippen LogP contribution is -2.59. The molecule has 19 nitrogen and oxygen atoms in total. The number of ether oxygens (including phenoxy) is 5. The van der Waals surface area contributed by atoms with Crippen LogP contribution in [0, 0.1) is 0 Å². The molecule has 0 bridgehead atoms. The number of hydrogen-bond donors (Lipinski definition) is 9. The molecule has 2 aliphatic rings. The molecule has 0 radical (unpaired) electrons. The fraction of sp³-hybridized carbons (Fsp3) is 0.535. The van der Waals surface area contributed by atoms with E-state index in [1.54, 1.807) is 24.3 Å². The van der Waals surface area contributed by atoms with E-state index >= 15 is 0 Å². The van der Waals surface area contributed by atoms with Gasteiger partial charge >= 0.3 is 22.3 Å². The van der Waals surface area contributed by atoms with E-state index in [4.69, 9.17) is 23.7 Å².